The van der Waals surface area contributed by atoms with Gasteiger partial charge in [-0.25, -0.2) is 9.67 Å². The van der Waals surface area contributed by atoms with Crippen molar-refractivity contribution in [2.45, 2.75) is 18.9 Å². The van der Waals surface area contributed by atoms with E-state index in [1.807, 2.05) is 37.4 Å². The molecule has 3 aromatic rings. The Labute approximate surface area is 159 Å². The molecule has 0 aromatic carbocycles. The average Bonchev–Trinajstić information content (AvgIpc) is 3.36. The SMILES string of the molecule is Cn1cc(N=c2scc(-c3cnnn3C)n2C2C[C@@H]3CSC[C@H]3C2)cn1. The third-order valence-electron chi connectivity index (χ3n) is 5.48. The molecule has 26 heavy (non-hydrogen) atoms. The van der Waals surface area contributed by atoms with Crippen molar-refractivity contribution in [2.24, 2.45) is 30.9 Å². The molecule has 1 saturated heterocycles. The fourth-order valence-corrected chi connectivity index (χ4v) is 6.74. The van der Waals surface area contributed by atoms with Crippen molar-refractivity contribution in [3.63, 3.8) is 0 Å². The average molecular weight is 388 g/mol. The lowest BCUT2D eigenvalue weighted by Crippen LogP contribution is -2.21. The highest BCUT2D eigenvalue weighted by molar-refractivity contribution is 7.99. The Hall–Kier alpha value is -1.87. The summed E-state index contributed by atoms with van der Waals surface area (Å²) >= 11 is 3.80. The van der Waals surface area contributed by atoms with Crippen LogP contribution in [0.1, 0.15) is 18.9 Å². The molecule has 0 N–H and O–H groups in total. The van der Waals surface area contributed by atoms with Crippen molar-refractivity contribution in [1.29, 1.82) is 0 Å². The minimum Gasteiger partial charge on any atom is -0.312 e. The first kappa shape index (κ1) is 16.3. The third-order valence-corrected chi connectivity index (χ3v) is 7.65. The standard InChI is InChI=1S/C17H21N7S2/c1-22-7-13(5-19-22)20-17-24(14-3-11-8-25-9-12(11)4-14)16(10-26-17)15-6-18-21-23(15)2/h5-7,10-12,14H,3-4,8-9H2,1-2H3/t11-,12-/m1/s1. The molecule has 2 fully saturated rings. The summed E-state index contributed by atoms with van der Waals surface area (Å²) in [5, 5.41) is 14.6. The molecule has 2 atom stereocenters. The summed E-state index contributed by atoms with van der Waals surface area (Å²) in [7, 11) is 3.87. The van der Waals surface area contributed by atoms with Crippen LogP contribution in [-0.2, 0) is 14.1 Å². The molecule has 4 heterocycles. The highest BCUT2D eigenvalue weighted by Crippen LogP contribution is 2.47. The Bertz CT molecular complexity index is 983. The Morgan fingerprint density at radius 2 is 1.92 bits per heavy atom. The van der Waals surface area contributed by atoms with Crippen LogP contribution in [0, 0.1) is 11.8 Å². The molecule has 5 rings (SSSR count). The first-order valence-electron chi connectivity index (χ1n) is 8.85. The fraction of sp³-hybridized carbons (Fsp3) is 0.529. The smallest absolute Gasteiger partial charge is 0.190 e. The molecule has 1 aliphatic carbocycles. The number of aryl methyl sites for hydroxylation is 2. The summed E-state index contributed by atoms with van der Waals surface area (Å²) in [5.41, 5.74) is 3.11. The summed E-state index contributed by atoms with van der Waals surface area (Å²) in [4.78, 5) is 5.94. The van der Waals surface area contributed by atoms with Gasteiger partial charge in [0.05, 0.1) is 24.3 Å². The minimum absolute atomic E-state index is 0.498. The molecule has 136 valence electrons. The van der Waals surface area contributed by atoms with E-state index in [2.05, 4.69) is 37.1 Å². The maximum absolute atomic E-state index is 4.90. The predicted octanol–water partition coefficient (Wildman–Crippen LogP) is 2.63. The van der Waals surface area contributed by atoms with Crippen LogP contribution in [0.15, 0.2) is 29.0 Å². The molecule has 9 heteroatoms. The Morgan fingerprint density at radius 1 is 1.12 bits per heavy atom. The Balaban J connectivity index is 1.63. The maximum Gasteiger partial charge on any atom is 0.190 e. The second-order valence-electron chi connectivity index (χ2n) is 7.18. The fourth-order valence-electron chi connectivity index (χ4n) is 4.21. The topological polar surface area (TPSA) is 65.8 Å². The number of hydrogen-bond donors (Lipinski definition) is 0. The van der Waals surface area contributed by atoms with Crippen LogP contribution in [0.5, 0.6) is 0 Å². The van der Waals surface area contributed by atoms with Crippen LogP contribution in [-0.4, -0.2) is 40.8 Å². The van der Waals surface area contributed by atoms with E-state index in [1.165, 1.54) is 30.0 Å². The lowest BCUT2D eigenvalue weighted by molar-refractivity contribution is 0.489. The molecule has 0 amide bonds. The van der Waals surface area contributed by atoms with Crippen LogP contribution < -0.4 is 4.80 Å². The number of thioether (sulfide) groups is 1. The van der Waals surface area contributed by atoms with E-state index < -0.39 is 0 Å². The number of rotatable bonds is 3. The highest BCUT2D eigenvalue weighted by Gasteiger charge is 2.39. The molecule has 1 saturated carbocycles. The third kappa shape index (κ3) is 2.73. The van der Waals surface area contributed by atoms with Gasteiger partial charge in [0.1, 0.15) is 11.4 Å². The molecular weight excluding hydrogens is 366 g/mol. The van der Waals surface area contributed by atoms with E-state index in [9.17, 15) is 0 Å². The van der Waals surface area contributed by atoms with Crippen LogP contribution >= 0.6 is 23.1 Å². The van der Waals surface area contributed by atoms with Crippen LogP contribution in [0.2, 0.25) is 0 Å². The molecule has 0 unspecified atom stereocenters. The van der Waals surface area contributed by atoms with E-state index in [0.29, 0.717) is 6.04 Å². The van der Waals surface area contributed by atoms with E-state index in [1.54, 1.807) is 16.0 Å². The van der Waals surface area contributed by atoms with Crippen LogP contribution in [0.4, 0.5) is 5.69 Å². The van der Waals surface area contributed by atoms with Crippen molar-refractivity contribution in [3.8, 4) is 11.4 Å². The van der Waals surface area contributed by atoms with Crippen molar-refractivity contribution in [2.75, 3.05) is 11.5 Å². The van der Waals surface area contributed by atoms with Crippen molar-refractivity contribution in [3.05, 3.63) is 28.8 Å². The second kappa shape index (κ2) is 6.38. The van der Waals surface area contributed by atoms with Gasteiger partial charge in [0, 0.05) is 25.5 Å². The molecule has 7 nitrogen and oxygen atoms in total. The summed E-state index contributed by atoms with van der Waals surface area (Å²) in [5.74, 6) is 4.31. The number of fused-ring (bicyclic) bond motifs is 1. The summed E-state index contributed by atoms with van der Waals surface area (Å²) in [6, 6.07) is 0.498. The van der Waals surface area contributed by atoms with Crippen molar-refractivity contribution in [1.82, 2.24) is 29.3 Å². The highest BCUT2D eigenvalue weighted by atomic mass is 32.2. The zero-order valence-corrected chi connectivity index (χ0v) is 16.4. The zero-order chi connectivity index (χ0) is 17.7. The number of aromatic nitrogens is 6. The number of thiazole rings is 1. The number of nitrogens with zero attached hydrogens (tertiary/aromatic N) is 7. The molecule has 0 bridgehead atoms. The van der Waals surface area contributed by atoms with Crippen LogP contribution in [0.25, 0.3) is 11.4 Å². The van der Waals surface area contributed by atoms with Gasteiger partial charge in [-0.05, 0) is 36.2 Å². The monoisotopic (exact) mass is 387 g/mol. The molecule has 1 aliphatic heterocycles. The first-order chi connectivity index (χ1) is 12.7. The predicted molar refractivity (Wildman–Crippen MR) is 103 cm³/mol. The minimum atomic E-state index is 0.498. The second-order valence-corrected chi connectivity index (χ2v) is 9.09. The lowest BCUT2D eigenvalue weighted by atomic mass is 10.0. The Kier molecular flexibility index (Phi) is 4.00. The summed E-state index contributed by atoms with van der Waals surface area (Å²) in [6.45, 7) is 0. The quantitative estimate of drug-likeness (QED) is 0.693. The largest absolute Gasteiger partial charge is 0.312 e. The van der Waals surface area contributed by atoms with Gasteiger partial charge in [0.2, 0.25) is 0 Å². The normalized spacial score (nSPS) is 23.8. The van der Waals surface area contributed by atoms with Crippen molar-refractivity contribution >= 4 is 28.8 Å². The molecule has 3 aromatic heterocycles. The summed E-state index contributed by atoms with van der Waals surface area (Å²) in [6.07, 6.45) is 8.10. The van der Waals surface area contributed by atoms with Gasteiger partial charge in [0.25, 0.3) is 0 Å². The van der Waals surface area contributed by atoms with Gasteiger partial charge in [-0.15, -0.1) is 16.4 Å². The first-order valence-corrected chi connectivity index (χ1v) is 10.9. The van der Waals surface area contributed by atoms with E-state index >= 15 is 0 Å². The van der Waals surface area contributed by atoms with Gasteiger partial charge >= 0.3 is 0 Å². The maximum atomic E-state index is 4.90. The van der Waals surface area contributed by atoms with Gasteiger partial charge in [-0.1, -0.05) is 5.21 Å². The van der Waals surface area contributed by atoms with E-state index in [4.69, 9.17) is 4.99 Å². The van der Waals surface area contributed by atoms with Gasteiger partial charge in [-0.2, -0.15) is 16.9 Å². The number of hydrogen-bond acceptors (Lipinski definition) is 6. The molecular formula is C17H21N7S2. The molecule has 0 spiro atoms. The molecule has 0 radical (unpaired) electrons. The summed E-state index contributed by atoms with van der Waals surface area (Å²) < 4.78 is 6.07. The van der Waals surface area contributed by atoms with E-state index in [-0.39, 0.29) is 0 Å². The van der Waals surface area contributed by atoms with Gasteiger partial charge < -0.3 is 4.57 Å². The van der Waals surface area contributed by atoms with E-state index in [0.717, 1.165) is 28.0 Å². The molecule has 2 aliphatic rings. The lowest BCUT2D eigenvalue weighted by Gasteiger charge is -2.17. The van der Waals surface area contributed by atoms with Crippen LogP contribution in [0.3, 0.4) is 0 Å². The van der Waals surface area contributed by atoms with Crippen molar-refractivity contribution < 1.29 is 0 Å². The Morgan fingerprint density at radius 3 is 2.58 bits per heavy atom. The van der Waals surface area contributed by atoms with Gasteiger partial charge in [0.15, 0.2) is 4.80 Å². The zero-order valence-electron chi connectivity index (χ0n) is 14.8. The van der Waals surface area contributed by atoms with Gasteiger partial charge in [-0.3, -0.25) is 4.68 Å².